The molecule has 2 aromatic heterocycles. The van der Waals surface area contributed by atoms with Crippen LogP contribution >= 0.6 is 11.6 Å². The Morgan fingerprint density at radius 3 is 2.55 bits per heavy atom. The lowest BCUT2D eigenvalue weighted by atomic mass is 9.99. The monoisotopic (exact) mass is 434 g/mol. The third-order valence-corrected chi connectivity index (χ3v) is 5.80. The number of nitrogens with two attached hydrogens (primary N) is 1. The van der Waals surface area contributed by atoms with Crippen LogP contribution in [-0.4, -0.2) is 53.0 Å². The first kappa shape index (κ1) is 19.5. The molecular formula is C23H19ClN4O3. The molecule has 0 spiro atoms. The summed E-state index contributed by atoms with van der Waals surface area (Å²) >= 11 is 5.90. The summed E-state index contributed by atoms with van der Waals surface area (Å²) in [6.07, 6.45) is 1.65. The predicted octanol–water partition coefficient (Wildman–Crippen LogP) is 3.61. The molecule has 5 rings (SSSR count). The van der Waals surface area contributed by atoms with E-state index >= 15 is 0 Å². The van der Waals surface area contributed by atoms with Crippen molar-refractivity contribution in [1.82, 2.24) is 14.9 Å². The third-order valence-electron chi connectivity index (χ3n) is 5.58. The van der Waals surface area contributed by atoms with Crippen molar-refractivity contribution in [2.75, 3.05) is 26.3 Å². The van der Waals surface area contributed by atoms with Crippen molar-refractivity contribution in [2.45, 2.75) is 0 Å². The zero-order valence-electron chi connectivity index (χ0n) is 16.5. The van der Waals surface area contributed by atoms with Gasteiger partial charge in [0.25, 0.3) is 11.8 Å². The van der Waals surface area contributed by atoms with Gasteiger partial charge >= 0.3 is 0 Å². The fourth-order valence-corrected chi connectivity index (χ4v) is 4.11. The van der Waals surface area contributed by atoms with Gasteiger partial charge in [-0.1, -0.05) is 17.7 Å². The maximum atomic E-state index is 12.9. The van der Waals surface area contributed by atoms with Crippen LogP contribution in [-0.2, 0) is 4.74 Å². The van der Waals surface area contributed by atoms with Gasteiger partial charge in [0.2, 0.25) is 0 Å². The number of hydrogen-bond donors (Lipinski definition) is 2. The molecule has 1 fully saturated rings. The first-order chi connectivity index (χ1) is 15.0. The van der Waals surface area contributed by atoms with Gasteiger partial charge in [0.1, 0.15) is 5.15 Å². The molecule has 3 N–H and O–H groups in total. The molecule has 2 aromatic carbocycles. The van der Waals surface area contributed by atoms with Crippen molar-refractivity contribution in [3.63, 3.8) is 0 Å². The number of aromatic amines is 1. The maximum Gasteiger partial charge on any atom is 0.254 e. The Morgan fingerprint density at radius 2 is 1.84 bits per heavy atom. The van der Waals surface area contributed by atoms with Crippen molar-refractivity contribution in [2.24, 2.45) is 5.73 Å². The maximum absolute atomic E-state index is 12.9. The van der Waals surface area contributed by atoms with Gasteiger partial charge in [-0.3, -0.25) is 9.59 Å². The highest BCUT2D eigenvalue weighted by molar-refractivity contribution is 6.29. The zero-order chi connectivity index (χ0) is 21.5. The smallest absolute Gasteiger partial charge is 0.254 e. The molecule has 0 bridgehead atoms. The number of carbonyl (C=O) groups excluding carboxylic acids is 2. The minimum Gasteiger partial charge on any atom is -0.378 e. The molecule has 7 nitrogen and oxygen atoms in total. The molecular weight excluding hydrogens is 416 g/mol. The van der Waals surface area contributed by atoms with Crippen LogP contribution in [0.15, 0.2) is 48.7 Å². The number of primary amides is 1. The molecule has 0 unspecified atom stereocenters. The van der Waals surface area contributed by atoms with Crippen LogP contribution in [0.25, 0.3) is 32.9 Å². The van der Waals surface area contributed by atoms with Gasteiger partial charge in [-0.15, -0.1) is 0 Å². The largest absolute Gasteiger partial charge is 0.378 e. The Bertz CT molecular complexity index is 1320. The lowest BCUT2D eigenvalue weighted by Crippen LogP contribution is -2.40. The van der Waals surface area contributed by atoms with Crippen LogP contribution in [0, 0.1) is 0 Å². The van der Waals surface area contributed by atoms with E-state index in [1.807, 2.05) is 30.3 Å². The summed E-state index contributed by atoms with van der Waals surface area (Å²) in [7, 11) is 0. The quantitative estimate of drug-likeness (QED) is 0.481. The molecule has 0 atom stereocenters. The van der Waals surface area contributed by atoms with Crippen molar-refractivity contribution < 1.29 is 14.3 Å². The number of nitrogens with one attached hydrogen (secondary N) is 1. The van der Waals surface area contributed by atoms with Crippen molar-refractivity contribution in [3.8, 4) is 11.1 Å². The number of hydrogen-bond acceptors (Lipinski definition) is 4. The molecule has 0 aliphatic carbocycles. The number of fused-ring (bicyclic) bond motifs is 3. The molecule has 1 aliphatic heterocycles. The Kier molecular flexibility index (Phi) is 4.84. The number of H-pyrrole nitrogens is 1. The van der Waals surface area contributed by atoms with Gasteiger partial charge in [0.05, 0.1) is 24.3 Å². The normalized spacial score (nSPS) is 14.3. The summed E-state index contributed by atoms with van der Waals surface area (Å²) < 4.78 is 5.33. The molecule has 1 saturated heterocycles. The van der Waals surface area contributed by atoms with Crippen LogP contribution in [0.4, 0.5) is 0 Å². The van der Waals surface area contributed by atoms with Crippen LogP contribution in [0.3, 0.4) is 0 Å². The van der Waals surface area contributed by atoms with Crippen molar-refractivity contribution in [1.29, 1.82) is 0 Å². The fraction of sp³-hybridized carbons (Fsp3) is 0.174. The van der Waals surface area contributed by atoms with E-state index in [1.165, 1.54) is 0 Å². The van der Waals surface area contributed by atoms with Crippen molar-refractivity contribution >= 4 is 45.2 Å². The SMILES string of the molecule is NC(=O)c1cc(-c2ccc(Cl)nc2)cc2c1[nH]c1cc(C(=O)N3CCOCC3)ccc12. The van der Waals surface area contributed by atoms with E-state index in [4.69, 9.17) is 22.1 Å². The number of amides is 2. The van der Waals surface area contributed by atoms with E-state index < -0.39 is 5.91 Å². The summed E-state index contributed by atoms with van der Waals surface area (Å²) in [5, 5.41) is 2.14. The predicted molar refractivity (Wildman–Crippen MR) is 119 cm³/mol. The Hall–Kier alpha value is -3.42. The summed E-state index contributed by atoms with van der Waals surface area (Å²) in [6, 6.07) is 12.8. The second kappa shape index (κ2) is 7.68. The number of benzene rings is 2. The van der Waals surface area contributed by atoms with Gasteiger partial charge in [-0.2, -0.15) is 0 Å². The lowest BCUT2D eigenvalue weighted by molar-refractivity contribution is 0.0303. The molecule has 8 heteroatoms. The third kappa shape index (κ3) is 3.52. The van der Waals surface area contributed by atoms with Crippen LogP contribution < -0.4 is 5.73 Å². The number of aromatic nitrogens is 2. The summed E-state index contributed by atoms with van der Waals surface area (Å²) in [5.41, 5.74) is 9.68. The highest BCUT2D eigenvalue weighted by Gasteiger charge is 2.20. The van der Waals surface area contributed by atoms with Gasteiger partial charge < -0.3 is 20.4 Å². The topological polar surface area (TPSA) is 101 Å². The van der Waals surface area contributed by atoms with Gasteiger partial charge in [-0.05, 0) is 42.0 Å². The lowest BCUT2D eigenvalue weighted by Gasteiger charge is -2.26. The molecule has 3 heterocycles. The second-order valence-corrected chi connectivity index (χ2v) is 7.86. The standard InChI is InChI=1S/C23H19ClN4O3/c24-20-4-2-14(12-26-20)15-9-17-16-3-1-13(23(30)28-5-7-31-8-6-28)11-19(16)27-21(17)18(10-15)22(25)29/h1-4,9-12,27H,5-8H2,(H2,25,29). The number of carbonyl (C=O) groups is 2. The van der Waals surface area contributed by atoms with E-state index in [1.54, 1.807) is 23.2 Å². The van der Waals surface area contributed by atoms with Crippen LogP contribution in [0.1, 0.15) is 20.7 Å². The number of pyridine rings is 1. The first-order valence-corrected chi connectivity index (χ1v) is 10.3. The Balaban J connectivity index is 1.64. The van der Waals surface area contributed by atoms with Gasteiger partial charge in [0.15, 0.2) is 0 Å². The van der Waals surface area contributed by atoms with Gasteiger partial charge in [0, 0.05) is 46.7 Å². The number of halogens is 1. The number of ether oxygens (including phenoxy) is 1. The average molecular weight is 435 g/mol. The summed E-state index contributed by atoms with van der Waals surface area (Å²) in [4.78, 5) is 34.3. The molecule has 156 valence electrons. The number of nitrogens with zero attached hydrogens (tertiary/aromatic N) is 2. The average Bonchev–Trinajstić information content (AvgIpc) is 3.16. The Morgan fingerprint density at radius 1 is 1.03 bits per heavy atom. The fourth-order valence-electron chi connectivity index (χ4n) is 4.00. The minimum atomic E-state index is -0.537. The van der Waals surface area contributed by atoms with E-state index in [0.29, 0.717) is 48.1 Å². The molecule has 1 aliphatic rings. The highest BCUT2D eigenvalue weighted by Crippen LogP contribution is 2.33. The van der Waals surface area contributed by atoms with Crippen LogP contribution in [0.2, 0.25) is 5.15 Å². The number of rotatable bonds is 3. The number of morpholine rings is 1. The zero-order valence-corrected chi connectivity index (χ0v) is 17.3. The van der Waals surface area contributed by atoms with E-state index in [9.17, 15) is 9.59 Å². The second-order valence-electron chi connectivity index (χ2n) is 7.47. The minimum absolute atomic E-state index is 0.0353. The van der Waals surface area contributed by atoms with Crippen LogP contribution in [0.5, 0.6) is 0 Å². The van der Waals surface area contributed by atoms with E-state index in [-0.39, 0.29) is 5.91 Å². The Labute approximate surface area is 182 Å². The van der Waals surface area contributed by atoms with Crippen molar-refractivity contribution in [3.05, 3.63) is 64.9 Å². The molecule has 0 saturated carbocycles. The summed E-state index contributed by atoms with van der Waals surface area (Å²) in [6.45, 7) is 2.25. The van der Waals surface area contributed by atoms with E-state index in [0.717, 1.165) is 27.4 Å². The van der Waals surface area contributed by atoms with E-state index in [2.05, 4.69) is 9.97 Å². The molecule has 31 heavy (non-hydrogen) atoms. The molecule has 0 radical (unpaired) electrons. The summed E-state index contributed by atoms with van der Waals surface area (Å²) in [5.74, 6) is -0.572. The van der Waals surface area contributed by atoms with Gasteiger partial charge in [-0.25, -0.2) is 4.98 Å². The highest BCUT2D eigenvalue weighted by atomic mass is 35.5. The molecule has 2 amide bonds. The molecule has 4 aromatic rings. The first-order valence-electron chi connectivity index (χ1n) is 9.89.